The van der Waals surface area contributed by atoms with Gasteiger partial charge in [-0.05, 0) is 49.1 Å². The lowest BCUT2D eigenvalue weighted by Crippen LogP contribution is -2.34. The van der Waals surface area contributed by atoms with Crippen LogP contribution in [0.4, 0.5) is 0 Å². The highest BCUT2D eigenvalue weighted by atomic mass is 35.5. The van der Waals surface area contributed by atoms with E-state index in [1.54, 1.807) is 36.4 Å². The van der Waals surface area contributed by atoms with Crippen molar-refractivity contribution in [3.05, 3.63) is 83.0 Å². The molecule has 0 bridgehead atoms. The minimum atomic E-state index is -1.08. The van der Waals surface area contributed by atoms with Gasteiger partial charge in [-0.15, -0.1) is 0 Å². The largest absolute Gasteiger partial charge is 0.491 e. The molecule has 1 saturated heterocycles. The molecule has 7 nitrogen and oxygen atoms in total. The third-order valence-electron chi connectivity index (χ3n) is 6.19. The van der Waals surface area contributed by atoms with Gasteiger partial charge in [-0.2, -0.15) is 0 Å². The van der Waals surface area contributed by atoms with Crippen molar-refractivity contribution in [3.8, 4) is 17.0 Å². The molecule has 2 atom stereocenters. The summed E-state index contributed by atoms with van der Waals surface area (Å²) in [6.45, 7) is 4.19. The lowest BCUT2D eigenvalue weighted by Gasteiger charge is -2.30. The minimum absolute atomic E-state index is 0.287. The van der Waals surface area contributed by atoms with Crippen molar-refractivity contribution < 1.29 is 14.2 Å². The Kier molecular flexibility index (Phi) is 8.12. The van der Waals surface area contributed by atoms with Crippen LogP contribution in [-0.2, 0) is 28.4 Å². The molecule has 1 fully saturated rings. The van der Waals surface area contributed by atoms with Gasteiger partial charge in [0.2, 0.25) is 5.79 Å². The summed E-state index contributed by atoms with van der Waals surface area (Å²) in [6.07, 6.45) is 10.0. The second-order valence-corrected chi connectivity index (χ2v) is 10.4. The van der Waals surface area contributed by atoms with Gasteiger partial charge in [-0.25, -0.2) is 9.97 Å². The molecule has 0 amide bonds. The molecule has 0 radical (unpaired) electrons. The van der Waals surface area contributed by atoms with Gasteiger partial charge in [0, 0.05) is 35.1 Å². The molecule has 2 aromatic carbocycles. The van der Waals surface area contributed by atoms with Gasteiger partial charge >= 0.3 is 0 Å². The molecule has 3 heterocycles. The molecular weight excluding hydrogens is 531 g/mol. The average Bonchev–Trinajstić information content (AvgIpc) is 3.65. The molecule has 0 N–H and O–H groups in total. The summed E-state index contributed by atoms with van der Waals surface area (Å²) in [6, 6.07) is 13.4. The van der Waals surface area contributed by atoms with Crippen LogP contribution in [0.3, 0.4) is 0 Å². The second kappa shape index (κ2) is 11.5. The fourth-order valence-corrected chi connectivity index (χ4v) is 5.60. The van der Waals surface area contributed by atoms with Crippen LogP contribution in [0, 0.1) is 0 Å². The van der Waals surface area contributed by atoms with E-state index in [-0.39, 0.29) is 6.10 Å². The minimum Gasteiger partial charge on any atom is -0.491 e. The van der Waals surface area contributed by atoms with E-state index < -0.39 is 5.79 Å². The number of hydrogen-bond acceptors (Lipinski definition) is 6. The Balaban J connectivity index is 1.28. The van der Waals surface area contributed by atoms with E-state index in [1.807, 2.05) is 35.2 Å². The zero-order valence-electron chi connectivity index (χ0n) is 20.6. The third kappa shape index (κ3) is 5.68. The van der Waals surface area contributed by atoms with Crippen LogP contribution in [0.15, 0.2) is 72.5 Å². The molecule has 37 heavy (non-hydrogen) atoms. The lowest BCUT2D eigenvalue weighted by atomic mass is 10.1. The number of halogens is 2. The van der Waals surface area contributed by atoms with E-state index in [2.05, 4.69) is 39.8 Å². The van der Waals surface area contributed by atoms with Crippen LogP contribution in [0.1, 0.15) is 18.9 Å². The molecule has 0 aliphatic carbocycles. The predicted molar refractivity (Wildman–Crippen MR) is 146 cm³/mol. The Labute approximate surface area is 230 Å². The first kappa shape index (κ1) is 26.1. The van der Waals surface area contributed by atoms with Crippen LogP contribution in [0.5, 0.6) is 5.75 Å². The molecule has 1 aliphatic heterocycles. The van der Waals surface area contributed by atoms with Crippen molar-refractivity contribution in [2.45, 2.75) is 43.5 Å². The van der Waals surface area contributed by atoms with E-state index in [4.69, 9.17) is 37.4 Å². The maximum absolute atomic E-state index is 6.56. The van der Waals surface area contributed by atoms with Gasteiger partial charge in [0.05, 0.1) is 36.4 Å². The molecule has 0 saturated carbocycles. The Morgan fingerprint density at radius 1 is 1.19 bits per heavy atom. The summed E-state index contributed by atoms with van der Waals surface area (Å²) in [5, 5.41) is 2.06. The Morgan fingerprint density at radius 2 is 2.03 bits per heavy atom. The van der Waals surface area contributed by atoms with Crippen molar-refractivity contribution in [1.82, 2.24) is 19.1 Å². The topological polar surface area (TPSA) is 63.3 Å². The zero-order chi connectivity index (χ0) is 25.8. The summed E-state index contributed by atoms with van der Waals surface area (Å²) < 4.78 is 23.0. The second-order valence-electron chi connectivity index (χ2n) is 8.78. The van der Waals surface area contributed by atoms with Crippen LogP contribution in [0.2, 0.25) is 10.0 Å². The van der Waals surface area contributed by atoms with E-state index in [0.29, 0.717) is 35.4 Å². The Morgan fingerprint density at radius 3 is 2.73 bits per heavy atom. The number of rotatable bonds is 10. The standard InChI is InChI=1S/C27H28Cl2N4O3S/c1-3-11-33-25(14-31-26(33)37-2)19-4-7-21(8-5-19)34-15-22-16-35-27(36-22,17-32-12-10-30-18-32)23-9-6-20(28)13-24(23)29/h4-10,12-14,18,22H,3,11,15-17H2,1-2H3. The van der Waals surface area contributed by atoms with E-state index in [0.717, 1.165) is 35.1 Å². The fourth-order valence-electron chi connectivity index (χ4n) is 4.48. The monoisotopic (exact) mass is 558 g/mol. The normalized spacial score (nSPS) is 19.4. The van der Waals surface area contributed by atoms with Crippen molar-refractivity contribution in [2.24, 2.45) is 0 Å². The number of benzene rings is 2. The quantitative estimate of drug-likeness (QED) is 0.206. The third-order valence-corrected chi connectivity index (χ3v) is 7.42. The number of aromatic nitrogens is 4. The van der Waals surface area contributed by atoms with Gasteiger partial charge in [0.15, 0.2) is 5.16 Å². The molecule has 2 aromatic heterocycles. The van der Waals surface area contributed by atoms with Gasteiger partial charge in [-0.1, -0.05) is 48.0 Å². The van der Waals surface area contributed by atoms with E-state index in [9.17, 15) is 0 Å². The highest BCUT2D eigenvalue weighted by Gasteiger charge is 2.45. The molecule has 5 rings (SSSR count). The SMILES string of the molecule is CCCn1c(-c2ccc(OCC3COC(Cn4ccnc4)(c4ccc(Cl)cc4Cl)O3)cc2)cnc1SC. The number of nitrogens with zero attached hydrogens (tertiary/aromatic N) is 4. The maximum atomic E-state index is 6.56. The number of thioether (sulfide) groups is 1. The molecule has 194 valence electrons. The van der Waals surface area contributed by atoms with Crippen LogP contribution >= 0.6 is 35.0 Å². The molecule has 0 spiro atoms. The Bertz CT molecular complexity index is 1330. The van der Waals surface area contributed by atoms with Crippen molar-refractivity contribution >= 4 is 35.0 Å². The van der Waals surface area contributed by atoms with Gasteiger partial charge < -0.3 is 23.3 Å². The van der Waals surface area contributed by atoms with Crippen molar-refractivity contribution in [2.75, 3.05) is 19.5 Å². The van der Waals surface area contributed by atoms with Gasteiger partial charge in [0.25, 0.3) is 0 Å². The number of ether oxygens (including phenoxy) is 3. The highest BCUT2D eigenvalue weighted by molar-refractivity contribution is 7.98. The van der Waals surface area contributed by atoms with Crippen LogP contribution in [-0.4, -0.2) is 44.7 Å². The molecule has 4 aromatic rings. The number of imidazole rings is 2. The predicted octanol–water partition coefficient (Wildman–Crippen LogP) is 6.53. The summed E-state index contributed by atoms with van der Waals surface area (Å²) in [4.78, 5) is 8.70. The number of hydrogen-bond donors (Lipinski definition) is 0. The van der Waals surface area contributed by atoms with E-state index in [1.165, 1.54) is 0 Å². The van der Waals surface area contributed by atoms with Crippen molar-refractivity contribution in [1.29, 1.82) is 0 Å². The highest BCUT2D eigenvalue weighted by Crippen LogP contribution is 2.40. The van der Waals surface area contributed by atoms with Crippen LogP contribution < -0.4 is 4.74 Å². The van der Waals surface area contributed by atoms with E-state index >= 15 is 0 Å². The summed E-state index contributed by atoms with van der Waals surface area (Å²) >= 11 is 14.4. The zero-order valence-corrected chi connectivity index (χ0v) is 23.0. The molecule has 1 aliphatic rings. The smallest absolute Gasteiger partial charge is 0.215 e. The van der Waals surface area contributed by atoms with Gasteiger partial charge in [0.1, 0.15) is 18.5 Å². The molecule has 2 unspecified atom stereocenters. The summed E-state index contributed by atoms with van der Waals surface area (Å²) in [5.74, 6) is -0.317. The fraction of sp³-hybridized carbons (Fsp3) is 0.333. The van der Waals surface area contributed by atoms with Crippen molar-refractivity contribution in [3.63, 3.8) is 0 Å². The van der Waals surface area contributed by atoms with Gasteiger partial charge in [-0.3, -0.25) is 0 Å². The summed E-state index contributed by atoms with van der Waals surface area (Å²) in [5.41, 5.74) is 2.92. The average molecular weight is 560 g/mol. The molecule has 10 heteroatoms. The maximum Gasteiger partial charge on any atom is 0.215 e. The van der Waals surface area contributed by atoms with Crippen LogP contribution in [0.25, 0.3) is 11.3 Å². The first-order chi connectivity index (χ1) is 18.0. The first-order valence-corrected chi connectivity index (χ1v) is 14.0. The Hall–Kier alpha value is -2.49. The molecular formula is C27H28Cl2N4O3S. The lowest BCUT2D eigenvalue weighted by molar-refractivity contribution is -0.189. The summed E-state index contributed by atoms with van der Waals surface area (Å²) in [7, 11) is 0. The first-order valence-electron chi connectivity index (χ1n) is 12.1.